The molecule has 1 saturated carbocycles. The van der Waals surface area contributed by atoms with Gasteiger partial charge in [0.15, 0.2) is 0 Å². The first-order valence-electron chi connectivity index (χ1n) is 11.3. The van der Waals surface area contributed by atoms with Gasteiger partial charge >= 0.3 is 0 Å². The maximum Gasteiger partial charge on any atom is 0.266 e. The highest BCUT2D eigenvalue weighted by molar-refractivity contribution is 6.36. The molecule has 0 unspecified atom stereocenters. The molecule has 162 valence electrons. The number of benzene rings is 2. The van der Waals surface area contributed by atoms with Crippen molar-refractivity contribution in [2.24, 2.45) is 0 Å². The van der Waals surface area contributed by atoms with Crippen molar-refractivity contribution >= 4 is 23.4 Å². The molecule has 0 saturated heterocycles. The molecular weight excluding hydrogens is 388 g/mol. The van der Waals surface area contributed by atoms with Crippen LogP contribution in [0, 0.1) is 0 Å². The number of para-hydroxylation sites is 1. The Balaban J connectivity index is 1.79. The fourth-order valence-electron chi connectivity index (χ4n) is 4.78. The molecule has 5 nitrogen and oxygen atoms in total. The summed E-state index contributed by atoms with van der Waals surface area (Å²) in [7, 11) is 0. The molecular formula is C26H30N2O3. The predicted molar refractivity (Wildman–Crippen MR) is 122 cm³/mol. The topological polar surface area (TPSA) is 66.5 Å². The van der Waals surface area contributed by atoms with E-state index in [1.54, 1.807) is 18.2 Å². The Labute approximate surface area is 183 Å². The van der Waals surface area contributed by atoms with Crippen molar-refractivity contribution in [1.82, 2.24) is 5.32 Å². The second-order valence-electron chi connectivity index (χ2n) is 9.22. The number of carbonyl (C=O) groups excluding carboxylic acids is 3. The van der Waals surface area contributed by atoms with Crippen LogP contribution in [0.1, 0.15) is 107 Å². The van der Waals surface area contributed by atoms with Gasteiger partial charge in [-0.15, -0.1) is 0 Å². The van der Waals surface area contributed by atoms with E-state index >= 15 is 0 Å². The van der Waals surface area contributed by atoms with Gasteiger partial charge in [-0.05, 0) is 47.9 Å². The molecule has 1 aliphatic heterocycles. The average molecular weight is 419 g/mol. The summed E-state index contributed by atoms with van der Waals surface area (Å²) >= 11 is 0. The van der Waals surface area contributed by atoms with E-state index in [1.165, 1.54) is 4.90 Å². The molecule has 1 N–H and O–H groups in total. The van der Waals surface area contributed by atoms with Crippen LogP contribution in [0.3, 0.4) is 0 Å². The van der Waals surface area contributed by atoms with Crippen molar-refractivity contribution in [3.8, 4) is 0 Å². The molecule has 4 rings (SSSR count). The molecule has 2 aliphatic rings. The van der Waals surface area contributed by atoms with Crippen molar-refractivity contribution < 1.29 is 14.4 Å². The standard InChI is InChI=1S/C26H30N2O3/c1-15(2)18-11-7-12-19(16(3)4)23(18)28-25(30)21-14-8-13-20(22(21)26(28)31)24(29)27-17-9-5-6-10-17/h7-8,11-17H,5-6,9-10H2,1-4H3,(H,27,29). The molecule has 5 heteroatoms. The minimum absolute atomic E-state index is 0.140. The zero-order valence-corrected chi connectivity index (χ0v) is 18.7. The van der Waals surface area contributed by atoms with E-state index in [-0.39, 0.29) is 35.3 Å². The van der Waals surface area contributed by atoms with Crippen LogP contribution in [0.2, 0.25) is 0 Å². The van der Waals surface area contributed by atoms with Gasteiger partial charge in [-0.3, -0.25) is 14.4 Å². The number of hydrogen-bond donors (Lipinski definition) is 1. The molecule has 1 fully saturated rings. The summed E-state index contributed by atoms with van der Waals surface area (Å²) < 4.78 is 0. The quantitative estimate of drug-likeness (QED) is 0.661. The first kappa shape index (κ1) is 21.3. The molecule has 0 bridgehead atoms. The van der Waals surface area contributed by atoms with E-state index in [1.807, 2.05) is 18.2 Å². The molecule has 0 aromatic heterocycles. The number of hydrogen-bond acceptors (Lipinski definition) is 3. The summed E-state index contributed by atoms with van der Waals surface area (Å²) in [5.41, 5.74) is 3.39. The van der Waals surface area contributed by atoms with E-state index in [9.17, 15) is 14.4 Å². The monoisotopic (exact) mass is 418 g/mol. The van der Waals surface area contributed by atoms with Gasteiger partial charge in [0.05, 0.1) is 22.4 Å². The van der Waals surface area contributed by atoms with Gasteiger partial charge < -0.3 is 5.32 Å². The smallest absolute Gasteiger partial charge is 0.266 e. The first-order valence-corrected chi connectivity index (χ1v) is 11.3. The second-order valence-corrected chi connectivity index (χ2v) is 9.22. The lowest BCUT2D eigenvalue weighted by Gasteiger charge is -2.25. The zero-order valence-electron chi connectivity index (χ0n) is 18.7. The summed E-state index contributed by atoms with van der Waals surface area (Å²) in [5, 5.41) is 3.05. The van der Waals surface area contributed by atoms with Crippen molar-refractivity contribution in [2.45, 2.75) is 71.3 Å². The molecule has 31 heavy (non-hydrogen) atoms. The number of anilines is 1. The molecule has 0 radical (unpaired) electrons. The van der Waals surface area contributed by atoms with E-state index in [2.05, 4.69) is 33.0 Å². The maximum absolute atomic E-state index is 13.6. The van der Waals surface area contributed by atoms with Gasteiger partial charge in [-0.1, -0.05) is 64.8 Å². The van der Waals surface area contributed by atoms with Crippen molar-refractivity contribution in [2.75, 3.05) is 4.90 Å². The third-order valence-corrected chi connectivity index (χ3v) is 6.42. The minimum atomic E-state index is -0.410. The molecule has 1 heterocycles. The van der Waals surface area contributed by atoms with Crippen LogP contribution in [0.5, 0.6) is 0 Å². The fraction of sp³-hybridized carbons (Fsp3) is 0.423. The number of fused-ring (bicyclic) bond motifs is 1. The SMILES string of the molecule is CC(C)c1cccc(C(C)C)c1N1C(=O)c2cccc(C(=O)NC3CCCC3)c2C1=O. The summed E-state index contributed by atoms with van der Waals surface area (Å²) in [6.07, 6.45) is 4.12. The van der Waals surface area contributed by atoms with Crippen LogP contribution in [0.4, 0.5) is 5.69 Å². The van der Waals surface area contributed by atoms with Crippen molar-refractivity contribution in [1.29, 1.82) is 0 Å². The summed E-state index contributed by atoms with van der Waals surface area (Å²) in [5.74, 6) is -0.753. The van der Waals surface area contributed by atoms with Crippen LogP contribution in [-0.4, -0.2) is 23.8 Å². The number of nitrogens with one attached hydrogen (secondary N) is 1. The number of nitrogens with zero attached hydrogens (tertiary/aromatic N) is 1. The van der Waals surface area contributed by atoms with Crippen LogP contribution in [0.15, 0.2) is 36.4 Å². The highest BCUT2D eigenvalue weighted by Gasteiger charge is 2.42. The Morgan fingerprint density at radius 1 is 0.903 bits per heavy atom. The van der Waals surface area contributed by atoms with Gasteiger partial charge in [0.1, 0.15) is 0 Å². The molecule has 1 aliphatic carbocycles. The lowest BCUT2D eigenvalue weighted by Crippen LogP contribution is -2.35. The number of imide groups is 1. The van der Waals surface area contributed by atoms with E-state index in [4.69, 9.17) is 0 Å². The first-order chi connectivity index (χ1) is 14.8. The Kier molecular flexibility index (Phi) is 5.69. The number of amides is 3. The lowest BCUT2D eigenvalue weighted by molar-refractivity contribution is 0.0904. The molecule has 3 amide bonds. The summed E-state index contributed by atoms with van der Waals surface area (Å²) in [6.45, 7) is 8.23. The highest BCUT2D eigenvalue weighted by Crippen LogP contribution is 2.40. The average Bonchev–Trinajstić information content (AvgIpc) is 3.33. The van der Waals surface area contributed by atoms with Gasteiger partial charge in [0.25, 0.3) is 17.7 Å². The zero-order chi connectivity index (χ0) is 22.3. The predicted octanol–water partition coefficient (Wildman–Crippen LogP) is 5.41. The minimum Gasteiger partial charge on any atom is -0.349 e. The van der Waals surface area contributed by atoms with Crippen LogP contribution in [-0.2, 0) is 0 Å². The van der Waals surface area contributed by atoms with Gasteiger partial charge in [-0.2, -0.15) is 0 Å². The van der Waals surface area contributed by atoms with Crippen LogP contribution < -0.4 is 10.2 Å². The van der Waals surface area contributed by atoms with Gasteiger partial charge in [0.2, 0.25) is 0 Å². The Morgan fingerprint density at radius 2 is 1.48 bits per heavy atom. The highest BCUT2D eigenvalue weighted by atomic mass is 16.2. The summed E-state index contributed by atoms with van der Waals surface area (Å²) in [4.78, 5) is 41.4. The number of carbonyl (C=O) groups is 3. The van der Waals surface area contributed by atoms with Gasteiger partial charge in [0, 0.05) is 6.04 Å². The summed E-state index contributed by atoms with van der Waals surface area (Å²) in [6, 6.07) is 11.1. The normalized spacial score (nSPS) is 16.5. The molecule has 0 spiro atoms. The largest absolute Gasteiger partial charge is 0.349 e. The van der Waals surface area contributed by atoms with Crippen LogP contribution in [0.25, 0.3) is 0 Å². The Hall–Kier alpha value is -2.95. The van der Waals surface area contributed by atoms with Gasteiger partial charge in [-0.25, -0.2) is 4.90 Å². The molecule has 2 aromatic rings. The third-order valence-electron chi connectivity index (χ3n) is 6.42. The van der Waals surface area contributed by atoms with Crippen molar-refractivity contribution in [3.63, 3.8) is 0 Å². The lowest BCUT2D eigenvalue weighted by atomic mass is 9.92. The molecule has 0 atom stereocenters. The molecule has 2 aromatic carbocycles. The van der Waals surface area contributed by atoms with Crippen molar-refractivity contribution in [3.05, 3.63) is 64.2 Å². The van der Waals surface area contributed by atoms with E-state index in [0.29, 0.717) is 16.8 Å². The fourth-order valence-corrected chi connectivity index (χ4v) is 4.78. The number of rotatable bonds is 5. The third kappa shape index (κ3) is 3.67. The van der Waals surface area contributed by atoms with E-state index in [0.717, 1.165) is 36.8 Å². The Morgan fingerprint density at radius 3 is 2.06 bits per heavy atom. The van der Waals surface area contributed by atoms with Crippen LogP contribution >= 0.6 is 0 Å². The van der Waals surface area contributed by atoms with E-state index < -0.39 is 5.91 Å². The second kappa shape index (κ2) is 8.29. The Bertz CT molecular complexity index is 1020. The maximum atomic E-state index is 13.6.